The lowest BCUT2D eigenvalue weighted by Gasteiger charge is -2.41. The van der Waals surface area contributed by atoms with Gasteiger partial charge in [-0.25, -0.2) is 0 Å². The number of aromatic nitrogens is 2. The molecule has 2 saturated carbocycles. The molecule has 0 aromatic carbocycles. The fourth-order valence-corrected chi connectivity index (χ4v) is 4.51. The van der Waals surface area contributed by atoms with Crippen molar-refractivity contribution in [3.8, 4) is 0 Å². The summed E-state index contributed by atoms with van der Waals surface area (Å²) in [4.78, 5) is 15.4. The summed E-state index contributed by atoms with van der Waals surface area (Å²) in [5.74, 6) is 0.266. The molecule has 0 spiro atoms. The molecule has 0 unspecified atom stereocenters. The Morgan fingerprint density at radius 1 is 1.13 bits per heavy atom. The molecule has 1 heterocycles. The van der Waals surface area contributed by atoms with Gasteiger partial charge >= 0.3 is 0 Å². The second-order valence-corrected chi connectivity index (χ2v) is 7.97. The van der Waals surface area contributed by atoms with E-state index in [1.165, 1.54) is 64.2 Å². The second kappa shape index (κ2) is 7.82. The number of amides is 1. The molecule has 0 N–H and O–H groups in total. The van der Waals surface area contributed by atoms with Crippen molar-refractivity contribution < 1.29 is 4.79 Å². The monoisotopic (exact) mass is 381 g/mol. The Hall–Kier alpha value is -0.840. The summed E-state index contributed by atoms with van der Waals surface area (Å²) in [6.45, 7) is 2.39. The predicted octanol–water partition coefficient (Wildman–Crippen LogP) is 4.45. The van der Waals surface area contributed by atoms with E-state index in [2.05, 4.69) is 25.9 Å². The van der Waals surface area contributed by atoms with Gasteiger partial charge in [0.15, 0.2) is 0 Å². The van der Waals surface area contributed by atoms with Gasteiger partial charge in [-0.3, -0.25) is 9.48 Å². The number of rotatable bonds is 4. The van der Waals surface area contributed by atoms with Crippen molar-refractivity contribution in [1.29, 1.82) is 0 Å². The van der Waals surface area contributed by atoms with Gasteiger partial charge in [-0.15, -0.1) is 0 Å². The highest BCUT2D eigenvalue weighted by Crippen LogP contribution is 2.30. The molecule has 0 aliphatic heterocycles. The predicted molar refractivity (Wildman–Crippen MR) is 95.3 cm³/mol. The molecule has 0 radical (unpaired) electrons. The summed E-state index contributed by atoms with van der Waals surface area (Å²) < 4.78 is 2.82. The van der Waals surface area contributed by atoms with Crippen molar-refractivity contribution in [1.82, 2.24) is 14.7 Å². The third-order valence-electron chi connectivity index (χ3n) is 5.55. The molecule has 4 nitrogen and oxygen atoms in total. The van der Waals surface area contributed by atoms with Crippen LogP contribution in [0.1, 0.15) is 69.9 Å². The van der Waals surface area contributed by atoms with Crippen molar-refractivity contribution in [3.63, 3.8) is 0 Å². The summed E-state index contributed by atoms with van der Waals surface area (Å²) in [5, 5.41) is 4.35. The van der Waals surface area contributed by atoms with E-state index in [0.29, 0.717) is 18.6 Å². The van der Waals surface area contributed by atoms with E-state index in [9.17, 15) is 4.79 Å². The molecule has 3 rings (SSSR count). The topological polar surface area (TPSA) is 38.1 Å². The molecule has 5 heteroatoms. The van der Waals surface area contributed by atoms with Crippen LogP contribution in [-0.4, -0.2) is 32.7 Å². The van der Waals surface area contributed by atoms with Crippen LogP contribution in [-0.2, 0) is 11.3 Å². The number of carbonyl (C=O) groups excluding carboxylic acids is 1. The van der Waals surface area contributed by atoms with E-state index in [4.69, 9.17) is 0 Å². The van der Waals surface area contributed by atoms with Gasteiger partial charge < -0.3 is 4.90 Å². The molecule has 0 atom stereocenters. The minimum atomic E-state index is 0.266. The van der Waals surface area contributed by atoms with Crippen molar-refractivity contribution in [3.05, 3.63) is 16.4 Å². The molecule has 1 aromatic heterocycles. The Labute approximate surface area is 147 Å². The van der Waals surface area contributed by atoms with E-state index in [1.54, 1.807) is 6.20 Å². The summed E-state index contributed by atoms with van der Waals surface area (Å²) in [6.07, 6.45) is 14.3. The average molecular weight is 382 g/mol. The van der Waals surface area contributed by atoms with Gasteiger partial charge in [0.1, 0.15) is 6.54 Å². The first-order valence-corrected chi connectivity index (χ1v) is 9.95. The Balaban J connectivity index is 1.75. The minimum Gasteiger partial charge on any atom is -0.335 e. The number of nitrogens with zero attached hydrogens (tertiary/aromatic N) is 3. The Morgan fingerprint density at radius 2 is 1.65 bits per heavy atom. The van der Waals surface area contributed by atoms with Crippen molar-refractivity contribution >= 4 is 21.8 Å². The molecular weight excluding hydrogens is 354 g/mol. The lowest BCUT2D eigenvalue weighted by molar-refractivity contribution is -0.138. The van der Waals surface area contributed by atoms with E-state index >= 15 is 0 Å². The van der Waals surface area contributed by atoms with Gasteiger partial charge in [-0.05, 0) is 48.5 Å². The Bertz CT molecular complexity index is 512. The molecule has 23 heavy (non-hydrogen) atoms. The van der Waals surface area contributed by atoms with Gasteiger partial charge in [-0.2, -0.15) is 5.10 Å². The van der Waals surface area contributed by atoms with Crippen molar-refractivity contribution in [2.24, 2.45) is 0 Å². The fraction of sp³-hybridized carbons (Fsp3) is 0.778. The maximum atomic E-state index is 13.1. The summed E-state index contributed by atoms with van der Waals surface area (Å²) in [5.41, 5.74) is 1.03. The van der Waals surface area contributed by atoms with Crippen LogP contribution >= 0.6 is 15.9 Å². The molecule has 0 saturated heterocycles. The zero-order chi connectivity index (χ0) is 16.2. The van der Waals surface area contributed by atoms with E-state index < -0.39 is 0 Å². The number of hydrogen-bond acceptors (Lipinski definition) is 2. The van der Waals surface area contributed by atoms with Crippen molar-refractivity contribution in [2.75, 3.05) is 0 Å². The third kappa shape index (κ3) is 3.98. The maximum Gasteiger partial charge on any atom is 0.244 e. The van der Waals surface area contributed by atoms with Crippen LogP contribution in [0.2, 0.25) is 0 Å². The number of halogens is 1. The minimum absolute atomic E-state index is 0.266. The van der Waals surface area contributed by atoms with E-state index in [1.807, 2.05) is 11.6 Å². The van der Waals surface area contributed by atoms with Crippen LogP contribution < -0.4 is 0 Å². The smallest absolute Gasteiger partial charge is 0.244 e. The summed E-state index contributed by atoms with van der Waals surface area (Å²) in [7, 11) is 0. The highest BCUT2D eigenvalue weighted by molar-refractivity contribution is 9.10. The molecule has 1 amide bonds. The molecule has 2 aliphatic carbocycles. The largest absolute Gasteiger partial charge is 0.335 e. The highest BCUT2D eigenvalue weighted by atomic mass is 79.9. The molecular formula is C18H28BrN3O. The normalized spacial score (nSPS) is 20.6. The zero-order valence-electron chi connectivity index (χ0n) is 14.1. The van der Waals surface area contributed by atoms with Crippen LogP contribution in [0, 0.1) is 6.92 Å². The Morgan fingerprint density at radius 3 is 2.09 bits per heavy atom. The molecule has 2 fully saturated rings. The lowest BCUT2D eigenvalue weighted by atomic mass is 9.88. The van der Waals surface area contributed by atoms with Gasteiger partial charge in [-0.1, -0.05) is 38.5 Å². The zero-order valence-corrected chi connectivity index (χ0v) is 15.7. The van der Waals surface area contributed by atoms with Gasteiger partial charge in [0.2, 0.25) is 5.91 Å². The van der Waals surface area contributed by atoms with Crippen LogP contribution in [0.5, 0.6) is 0 Å². The first-order valence-electron chi connectivity index (χ1n) is 9.16. The molecule has 128 valence electrons. The quantitative estimate of drug-likeness (QED) is 0.772. The van der Waals surface area contributed by atoms with E-state index in [-0.39, 0.29) is 5.91 Å². The van der Waals surface area contributed by atoms with Crippen LogP contribution in [0.25, 0.3) is 0 Å². The van der Waals surface area contributed by atoms with Crippen molar-refractivity contribution in [2.45, 2.75) is 89.8 Å². The maximum absolute atomic E-state index is 13.1. The Kier molecular flexibility index (Phi) is 5.78. The fourth-order valence-electron chi connectivity index (χ4n) is 4.22. The first-order chi connectivity index (χ1) is 11.2. The van der Waals surface area contributed by atoms with Gasteiger partial charge in [0.05, 0.1) is 16.4 Å². The average Bonchev–Trinajstić information content (AvgIpc) is 2.89. The second-order valence-electron chi connectivity index (χ2n) is 7.12. The van der Waals surface area contributed by atoms with Gasteiger partial charge in [0.25, 0.3) is 0 Å². The number of hydrogen-bond donors (Lipinski definition) is 0. The summed E-state index contributed by atoms with van der Waals surface area (Å²) in [6, 6.07) is 0.914. The molecule has 1 aromatic rings. The van der Waals surface area contributed by atoms with E-state index in [0.717, 1.165) is 10.2 Å². The number of carbonyl (C=O) groups is 1. The SMILES string of the molecule is Cc1c(Br)cnn1CC(=O)N(C1CCCCC1)C1CCCCC1. The highest BCUT2D eigenvalue weighted by Gasteiger charge is 2.32. The third-order valence-corrected chi connectivity index (χ3v) is 6.33. The first kappa shape index (κ1) is 17.0. The van der Waals surface area contributed by atoms with Gasteiger partial charge in [0, 0.05) is 12.1 Å². The standard InChI is InChI=1S/C18H28BrN3O/c1-14-17(19)12-20-21(14)13-18(23)22(15-8-4-2-5-9-15)16-10-6-3-7-11-16/h12,15-16H,2-11,13H2,1H3. The van der Waals surface area contributed by atoms with Crippen LogP contribution in [0.15, 0.2) is 10.7 Å². The molecule has 0 bridgehead atoms. The summed E-state index contributed by atoms with van der Waals surface area (Å²) >= 11 is 3.49. The molecule has 2 aliphatic rings. The van der Waals surface area contributed by atoms with Crippen LogP contribution in [0.4, 0.5) is 0 Å². The van der Waals surface area contributed by atoms with Crippen LogP contribution in [0.3, 0.4) is 0 Å². The lowest BCUT2D eigenvalue weighted by Crippen LogP contribution is -2.50.